The van der Waals surface area contributed by atoms with E-state index in [1.165, 1.54) is 0 Å². The number of likely N-dealkylation sites (tertiary alicyclic amines) is 1. The Bertz CT molecular complexity index is 257. The number of alkyl halides is 1. The maximum atomic E-state index is 11.5. The lowest BCUT2D eigenvalue weighted by molar-refractivity contribution is -0.131. The van der Waals surface area contributed by atoms with Crippen LogP contribution in [0.1, 0.15) is 13.3 Å². The number of nitrogens with zero attached hydrogens (tertiary/aromatic N) is 1. The number of rotatable bonds is 2. The van der Waals surface area contributed by atoms with E-state index in [1.807, 2.05) is 6.92 Å². The second-order valence-electron chi connectivity index (χ2n) is 3.84. The van der Waals surface area contributed by atoms with Crippen molar-refractivity contribution in [3.8, 4) is 0 Å². The van der Waals surface area contributed by atoms with Gasteiger partial charge in [0.2, 0.25) is 11.8 Å². The Balaban J connectivity index is 2.64. The van der Waals surface area contributed by atoms with Crippen LogP contribution in [0.2, 0.25) is 0 Å². The highest BCUT2D eigenvalue weighted by atomic mass is 79.9. The summed E-state index contributed by atoms with van der Waals surface area (Å²) < 4.78 is 0. The zero-order valence-electron chi connectivity index (χ0n) is 8.47. The molecule has 0 aromatic heterocycles. The van der Waals surface area contributed by atoms with Crippen LogP contribution >= 0.6 is 15.9 Å². The topological polar surface area (TPSA) is 49.4 Å². The Hall–Kier alpha value is -0.580. The van der Waals surface area contributed by atoms with Gasteiger partial charge in [-0.05, 0) is 13.3 Å². The summed E-state index contributed by atoms with van der Waals surface area (Å²) in [5.41, 5.74) is -0.410. The molecule has 1 aliphatic rings. The maximum absolute atomic E-state index is 11.5. The Morgan fingerprint density at radius 3 is 2.71 bits per heavy atom. The molecule has 0 aromatic carbocycles. The van der Waals surface area contributed by atoms with E-state index in [0.717, 1.165) is 6.42 Å². The lowest BCUT2D eigenvalue weighted by Crippen LogP contribution is -2.40. The summed E-state index contributed by atoms with van der Waals surface area (Å²) in [6, 6.07) is 0. The van der Waals surface area contributed by atoms with Crippen LogP contribution in [0.3, 0.4) is 0 Å². The van der Waals surface area contributed by atoms with E-state index in [9.17, 15) is 9.59 Å². The number of amides is 2. The predicted octanol–water partition coefficient (Wildman–Crippen LogP) is 0.366. The molecule has 0 aliphatic carbocycles. The molecule has 1 fully saturated rings. The van der Waals surface area contributed by atoms with E-state index in [2.05, 4.69) is 21.2 Å². The normalized spacial score (nSPS) is 26.4. The van der Waals surface area contributed by atoms with Crippen LogP contribution in [0, 0.1) is 5.41 Å². The summed E-state index contributed by atoms with van der Waals surface area (Å²) in [5.74, 6) is 0.0694. The minimum absolute atomic E-state index is 0.0161. The number of carbonyl (C=O) groups is 2. The average molecular weight is 263 g/mol. The Morgan fingerprint density at radius 1 is 1.57 bits per heavy atom. The van der Waals surface area contributed by atoms with Crippen molar-refractivity contribution in [1.82, 2.24) is 10.2 Å². The molecule has 1 N–H and O–H groups in total. The molecule has 0 saturated carbocycles. The first kappa shape index (κ1) is 11.5. The predicted molar refractivity (Wildman–Crippen MR) is 57.2 cm³/mol. The molecule has 0 aromatic rings. The highest BCUT2D eigenvalue weighted by Gasteiger charge is 2.41. The van der Waals surface area contributed by atoms with Gasteiger partial charge in [-0.15, -0.1) is 0 Å². The van der Waals surface area contributed by atoms with Gasteiger partial charge in [0.05, 0.1) is 10.7 Å². The number of carbonyl (C=O) groups excluding carboxylic acids is 2. The monoisotopic (exact) mass is 262 g/mol. The van der Waals surface area contributed by atoms with Crippen molar-refractivity contribution < 1.29 is 9.59 Å². The van der Waals surface area contributed by atoms with Gasteiger partial charge in [0.1, 0.15) is 0 Å². The molecule has 1 rings (SSSR count). The van der Waals surface area contributed by atoms with Crippen LogP contribution in [-0.2, 0) is 9.59 Å². The lowest BCUT2D eigenvalue weighted by atomic mass is 9.89. The Labute approximate surface area is 92.2 Å². The van der Waals surface area contributed by atoms with Gasteiger partial charge in [0.25, 0.3) is 0 Å². The molecular weight excluding hydrogens is 248 g/mol. The van der Waals surface area contributed by atoms with E-state index in [4.69, 9.17) is 0 Å². The minimum atomic E-state index is -0.410. The van der Waals surface area contributed by atoms with Crippen LogP contribution in [0.4, 0.5) is 0 Å². The maximum Gasteiger partial charge on any atom is 0.233 e. The molecule has 14 heavy (non-hydrogen) atoms. The van der Waals surface area contributed by atoms with E-state index in [1.54, 1.807) is 11.9 Å². The van der Waals surface area contributed by atoms with E-state index < -0.39 is 5.41 Å². The number of hydrogen-bond donors (Lipinski definition) is 1. The van der Waals surface area contributed by atoms with Crippen LogP contribution in [0.5, 0.6) is 0 Å². The zero-order chi connectivity index (χ0) is 10.8. The van der Waals surface area contributed by atoms with Crippen molar-refractivity contribution in [3.63, 3.8) is 0 Å². The molecule has 2 amide bonds. The summed E-state index contributed by atoms with van der Waals surface area (Å²) in [7, 11) is 1.63. The molecule has 1 atom stereocenters. The highest BCUT2D eigenvalue weighted by Crippen LogP contribution is 2.30. The quantitative estimate of drug-likeness (QED) is 0.731. The van der Waals surface area contributed by atoms with Crippen LogP contribution in [-0.4, -0.2) is 42.2 Å². The molecule has 4 nitrogen and oxygen atoms in total. The number of hydrogen-bond acceptors (Lipinski definition) is 2. The van der Waals surface area contributed by atoms with Crippen molar-refractivity contribution in [3.05, 3.63) is 0 Å². The zero-order valence-corrected chi connectivity index (χ0v) is 10.1. The fourth-order valence-electron chi connectivity index (χ4n) is 1.75. The average Bonchev–Trinajstić information content (AvgIpc) is 2.60. The first-order valence-corrected chi connectivity index (χ1v) is 5.71. The van der Waals surface area contributed by atoms with Gasteiger partial charge in [0, 0.05) is 20.1 Å². The van der Waals surface area contributed by atoms with Gasteiger partial charge in [-0.3, -0.25) is 9.59 Å². The summed E-state index contributed by atoms with van der Waals surface area (Å²) in [6.07, 6.45) is 0.741. The third-order valence-corrected chi connectivity index (χ3v) is 3.20. The fourth-order valence-corrected chi connectivity index (χ4v) is 2.10. The molecule has 0 bridgehead atoms. The Kier molecular flexibility index (Phi) is 3.53. The van der Waals surface area contributed by atoms with Gasteiger partial charge in [-0.25, -0.2) is 0 Å². The molecule has 1 aliphatic heterocycles. The number of nitrogens with one attached hydrogen (secondary N) is 1. The molecule has 1 saturated heterocycles. The van der Waals surface area contributed by atoms with Crippen molar-refractivity contribution in [1.29, 1.82) is 0 Å². The highest BCUT2D eigenvalue weighted by molar-refractivity contribution is 9.09. The first-order valence-electron chi connectivity index (χ1n) is 4.59. The molecule has 0 spiro atoms. The molecule has 0 radical (unpaired) electrons. The largest absolute Gasteiger partial charge is 0.359 e. The SMILES string of the molecule is CNC(=O)C1(C)CCN(C(=O)CBr)C1. The molecule has 1 heterocycles. The van der Waals surface area contributed by atoms with Crippen LogP contribution in [0.15, 0.2) is 0 Å². The van der Waals surface area contributed by atoms with Gasteiger partial charge in [0.15, 0.2) is 0 Å². The first-order chi connectivity index (χ1) is 6.53. The molecule has 5 heteroatoms. The van der Waals surface area contributed by atoms with Crippen LogP contribution < -0.4 is 5.32 Å². The smallest absolute Gasteiger partial charge is 0.233 e. The van der Waals surface area contributed by atoms with E-state index in [-0.39, 0.29) is 11.8 Å². The molecule has 80 valence electrons. The fraction of sp³-hybridized carbons (Fsp3) is 0.778. The van der Waals surface area contributed by atoms with Crippen molar-refractivity contribution in [2.45, 2.75) is 13.3 Å². The second kappa shape index (κ2) is 4.29. The van der Waals surface area contributed by atoms with Crippen LogP contribution in [0.25, 0.3) is 0 Å². The second-order valence-corrected chi connectivity index (χ2v) is 4.40. The van der Waals surface area contributed by atoms with Gasteiger partial charge >= 0.3 is 0 Å². The van der Waals surface area contributed by atoms with E-state index in [0.29, 0.717) is 18.4 Å². The van der Waals surface area contributed by atoms with Gasteiger partial charge < -0.3 is 10.2 Å². The van der Waals surface area contributed by atoms with Crippen molar-refractivity contribution in [2.24, 2.45) is 5.41 Å². The van der Waals surface area contributed by atoms with Crippen molar-refractivity contribution >= 4 is 27.7 Å². The standard InChI is InChI=1S/C9H15BrN2O2/c1-9(8(14)11-2)3-4-12(6-9)7(13)5-10/h3-6H2,1-2H3,(H,11,14). The third-order valence-electron chi connectivity index (χ3n) is 2.72. The van der Waals surface area contributed by atoms with Gasteiger partial charge in [-0.2, -0.15) is 0 Å². The molecular formula is C9H15BrN2O2. The van der Waals surface area contributed by atoms with Crippen molar-refractivity contribution in [2.75, 3.05) is 25.5 Å². The van der Waals surface area contributed by atoms with Gasteiger partial charge in [-0.1, -0.05) is 15.9 Å². The Morgan fingerprint density at radius 2 is 2.21 bits per heavy atom. The summed E-state index contributed by atoms with van der Waals surface area (Å²) in [4.78, 5) is 24.6. The summed E-state index contributed by atoms with van der Waals surface area (Å²) >= 11 is 3.12. The minimum Gasteiger partial charge on any atom is -0.359 e. The third kappa shape index (κ3) is 2.08. The number of halogens is 1. The lowest BCUT2D eigenvalue weighted by Gasteiger charge is -2.22. The summed E-state index contributed by atoms with van der Waals surface area (Å²) in [6.45, 7) is 3.10. The molecule has 1 unspecified atom stereocenters. The van der Waals surface area contributed by atoms with E-state index >= 15 is 0 Å². The summed E-state index contributed by atoms with van der Waals surface area (Å²) in [5, 5.41) is 2.97.